The van der Waals surface area contributed by atoms with Crippen LogP contribution in [0.3, 0.4) is 0 Å². The van der Waals surface area contributed by atoms with Gasteiger partial charge < -0.3 is 15.2 Å². The number of phenols is 1. The average Bonchev–Trinajstić information content (AvgIpc) is 2.60. The van der Waals surface area contributed by atoms with E-state index < -0.39 is 12.1 Å². The summed E-state index contributed by atoms with van der Waals surface area (Å²) < 4.78 is 5.15. The number of rotatable bonds is 7. The summed E-state index contributed by atoms with van der Waals surface area (Å²) in [6, 6.07) is 15.8. The molecule has 25 heavy (non-hydrogen) atoms. The second kappa shape index (κ2) is 8.87. The monoisotopic (exact) mass is 341 g/mol. The van der Waals surface area contributed by atoms with Gasteiger partial charge in [-0.15, -0.1) is 0 Å². The normalized spacial score (nSPS) is 12.9. The molecule has 0 saturated carbocycles. The molecule has 1 amide bonds. The lowest BCUT2D eigenvalue weighted by Gasteiger charge is -2.18. The van der Waals surface area contributed by atoms with Gasteiger partial charge in [0.15, 0.2) is 6.10 Å². The van der Waals surface area contributed by atoms with Crippen LogP contribution in [0.25, 0.3) is 0 Å². The van der Waals surface area contributed by atoms with Gasteiger partial charge in [-0.05, 0) is 50.5 Å². The van der Waals surface area contributed by atoms with Crippen LogP contribution in [0.4, 0.5) is 0 Å². The van der Waals surface area contributed by atoms with Gasteiger partial charge >= 0.3 is 5.97 Å². The third-order valence-electron chi connectivity index (χ3n) is 3.83. The molecular weight excluding hydrogens is 318 g/mol. The molecular formula is C20H23NO4. The summed E-state index contributed by atoms with van der Waals surface area (Å²) in [7, 11) is 0. The highest BCUT2D eigenvalue weighted by Gasteiger charge is 2.20. The van der Waals surface area contributed by atoms with Crippen LogP contribution in [0.15, 0.2) is 54.6 Å². The summed E-state index contributed by atoms with van der Waals surface area (Å²) in [5, 5.41) is 12.2. The van der Waals surface area contributed by atoms with Crippen molar-refractivity contribution >= 4 is 11.9 Å². The maximum absolute atomic E-state index is 12.2. The lowest BCUT2D eigenvalue weighted by Crippen LogP contribution is -2.41. The molecule has 132 valence electrons. The van der Waals surface area contributed by atoms with Crippen molar-refractivity contribution < 1.29 is 19.4 Å². The molecule has 5 heteroatoms. The number of amides is 1. The Labute approximate surface area is 147 Å². The van der Waals surface area contributed by atoms with E-state index >= 15 is 0 Å². The van der Waals surface area contributed by atoms with E-state index in [1.165, 1.54) is 30.7 Å². The fourth-order valence-electron chi connectivity index (χ4n) is 2.38. The summed E-state index contributed by atoms with van der Waals surface area (Å²) in [6.45, 7) is 3.45. The highest BCUT2D eigenvalue weighted by molar-refractivity contribution is 5.92. The van der Waals surface area contributed by atoms with Crippen LogP contribution < -0.4 is 5.32 Å². The van der Waals surface area contributed by atoms with Crippen LogP contribution in [0.1, 0.15) is 36.2 Å². The predicted octanol–water partition coefficient (Wildman–Crippen LogP) is 3.08. The number of phenolic OH excluding ortho intramolecular Hbond substituents is 1. The molecule has 5 nitrogen and oxygen atoms in total. The number of ether oxygens (including phenoxy) is 1. The Balaban J connectivity index is 1.80. The van der Waals surface area contributed by atoms with Gasteiger partial charge in [-0.25, -0.2) is 4.79 Å². The first-order valence-electron chi connectivity index (χ1n) is 8.30. The van der Waals surface area contributed by atoms with Crippen molar-refractivity contribution in [1.29, 1.82) is 0 Å². The van der Waals surface area contributed by atoms with Gasteiger partial charge in [0.05, 0.1) is 5.56 Å². The van der Waals surface area contributed by atoms with Crippen LogP contribution in [0, 0.1) is 0 Å². The van der Waals surface area contributed by atoms with Crippen LogP contribution in [-0.2, 0) is 16.0 Å². The molecule has 2 aromatic rings. The molecule has 2 aromatic carbocycles. The Morgan fingerprint density at radius 1 is 1.08 bits per heavy atom. The van der Waals surface area contributed by atoms with Crippen molar-refractivity contribution in [1.82, 2.24) is 5.32 Å². The summed E-state index contributed by atoms with van der Waals surface area (Å²) in [5.41, 5.74) is 1.42. The lowest BCUT2D eigenvalue weighted by atomic mass is 10.1. The van der Waals surface area contributed by atoms with Crippen LogP contribution >= 0.6 is 0 Å². The SMILES string of the molecule is C[C@@H](CCc1ccccc1)NC(=O)[C@@H](C)OC(=O)c1cccc(O)c1. The predicted molar refractivity (Wildman–Crippen MR) is 95.4 cm³/mol. The molecule has 0 spiro atoms. The molecule has 0 aliphatic rings. The van der Waals surface area contributed by atoms with Crippen molar-refractivity contribution in [2.45, 2.75) is 38.8 Å². The second-order valence-electron chi connectivity index (χ2n) is 6.03. The lowest BCUT2D eigenvalue weighted by molar-refractivity contribution is -0.129. The van der Waals surface area contributed by atoms with Crippen molar-refractivity contribution in [3.05, 3.63) is 65.7 Å². The van der Waals surface area contributed by atoms with E-state index in [0.29, 0.717) is 0 Å². The van der Waals surface area contributed by atoms with E-state index in [0.717, 1.165) is 12.8 Å². The number of esters is 1. The number of carbonyl (C=O) groups is 2. The first-order valence-corrected chi connectivity index (χ1v) is 8.30. The second-order valence-corrected chi connectivity index (χ2v) is 6.03. The molecule has 2 rings (SSSR count). The van der Waals surface area contributed by atoms with E-state index in [1.54, 1.807) is 6.07 Å². The van der Waals surface area contributed by atoms with Crippen LogP contribution in [-0.4, -0.2) is 29.1 Å². The Morgan fingerprint density at radius 2 is 1.80 bits per heavy atom. The summed E-state index contributed by atoms with van der Waals surface area (Å²) in [5.74, 6) is -1.01. The van der Waals surface area contributed by atoms with Gasteiger partial charge in [0.1, 0.15) is 5.75 Å². The minimum Gasteiger partial charge on any atom is -0.508 e. The number of benzene rings is 2. The minimum atomic E-state index is -0.908. The zero-order chi connectivity index (χ0) is 18.2. The Bertz CT molecular complexity index is 715. The third-order valence-corrected chi connectivity index (χ3v) is 3.83. The number of hydrogen-bond donors (Lipinski definition) is 2. The number of nitrogens with one attached hydrogen (secondary N) is 1. The molecule has 0 saturated heterocycles. The van der Waals surface area contributed by atoms with Crippen LogP contribution in [0.2, 0.25) is 0 Å². The fraction of sp³-hybridized carbons (Fsp3) is 0.300. The van der Waals surface area contributed by atoms with Gasteiger partial charge in [0, 0.05) is 6.04 Å². The highest BCUT2D eigenvalue weighted by atomic mass is 16.5. The largest absolute Gasteiger partial charge is 0.508 e. The average molecular weight is 341 g/mol. The van der Waals surface area contributed by atoms with E-state index in [4.69, 9.17) is 4.74 Å². The molecule has 0 aliphatic heterocycles. The first kappa shape index (κ1) is 18.5. The Hall–Kier alpha value is -2.82. The molecule has 2 N–H and O–H groups in total. The number of carbonyl (C=O) groups excluding carboxylic acids is 2. The maximum Gasteiger partial charge on any atom is 0.339 e. The number of aromatic hydroxyl groups is 1. The van der Waals surface area contributed by atoms with Gasteiger partial charge in [0.2, 0.25) is 0 Å². The highest BCUT2D eigenvalue weighted by Crippen LogP contribution is 2.13. The molecule has 0 aromatic heterocycles. The van der Waals surface area contributed by atoms with Crippen molar-refractivity contribution in [2.75, 3.05) is 0 Å². The molecule has 0 heterocycles. The van der Waals surface area contributed by atoms with Crippen molar-refractivity contribution in [2.24, 2.45) is 0 Å². The first-order chi connectivity index (χ1) is 12.0. The fourth-order valence-corrected chi connectivity index (χ4v) is 2.38. The Morgan fingerprint density at radius 3 is 2.48 bits per heavy atom. The molecule has 0 fully saturated rings. The van der Waals surface area contributed by atoms with Gasteiger partial charge in [0.25, 0.3) is 5.91 Å². The van der Waals surface area contributed by atoms with E-state index in [9.17, 15) is 14.7 Å². The van der Waals surface area contributed by atoms with E-state index in [2.05, 4.69) is 5.32 Å². The van der Waals surface area contributed by atoms with Crippen molar-refractivity contribution in [3.8, 4) is 5.75 Å². The summed E-state index contributed by atoms with van der Waals surface area (Å²) in [4.78, 5) is 24.2. The van der Waals surface area contributed by atoms with Gasteiger partial charge in [-0.2, -0.15) is 0 Å². The van der Waals surface area contributed by atoms with Gasteiger partial charge in [-0.1, -0.05) is 36.4 Å². The Kier molecular flexibility index (Phi) is 6.57. The zero-order valence-corrected chi connectivity index (χ0v) is 14.4. The maximum atomic E-state index is 12.2. The summed E-state index contributed by atoms with van der Waals surface area (Å²) >= 11 is 0. The van der Waals surface area contributed by atoms with Crippen molar-refractivity contribution in [3.63, 3.8) is 0 Å². The summed E-state index contributed by atoms with van der Waals surface area (Å²) in [6.07, 6.45) is 0.747. The molecule has 0 aliphatic carbocycles. The van der Waals surface area contributed by atoms with E-state index in [-0.39, 0.29) is 23.3 Å². The number of hydrogen-bond acceptors (Lipinski definition) is 4. The minimum absolute atomic E-state index is 0.0268. The standard InChI is InChI=1S/C20H23NO4/c1-14(11-12-16-7-4-3-5-8-16)21-19(23)15(2)25-20(24)17-9-6-10-18(22)13-17/h3-10,13-15,22H,11-12H2,1-2H3,(H,21,23)/t14-,15+/m0/s1. The van der Waals surface area contributed by atoms with Crippen LogP contribution in [0.5, 0.6) is 5.75 Å². The zero-order valence-electron chi connectivity index (χ0n) is 14.4. The topological polar surface area (TPSA) is 75.6 Å². The number of aryl methyl sites for hydroxylation is 1. The smallest absolute Gasteiger partial charge is 0.339 e. The molecule has 0 bridgehead atoms. The molecule has 0 unspecified atom stereocenters. The third kappa shape index (κ3) is 5.95. The quantitative estimate of drug-likeness (QED) is 0.759. The molecule has 0 radical (unpaired) electrons. The van der Waals surface area contributed by atoms with Gasteiger partial charge in [-0.3, -0.25) is 4.79 Å². The van der Waals surface area contributed by atoms with E-state index in [1.807, 2.05) is 37.3 Å². The molecule has 2 atom stereocenters.